The number of benzene rings is 2. The van der Waals surface area contributed by atoms with E-state index in [2.05, 4.69) is 0 Å². The molecule has 0 bridgehead atoms. The van der Waals surface area contributed by atoms with Gasteiger partial charge in [0.15, 0.2) is 0 Å². The standard InChI is InChI=1S/C20H17FN2O2S2/c21-15-3-1-2-14(19(22)24)18(15)12-4-5-16-13(10-12)11-17(27-16)20(25)23-6-8-26-9-7-23/h1-5,10-11H,6-9H2,(H2,22,24). The van der Waals surface area contributed by atoms with Crippen molar-refractivity contribution in [3.05, 3.63) is 58.7 Å². The normalized spacial score (nSPS) is 14.5. The van der Waals surface area contributed by atoms with E-state index in [1.807, 2.05) is 28.8 Å². The Bertz CT molecular complexity index is 1040. The van der Waals surface area contributed by atoms with Crippen molar-refractivity contribution in [3.63, 3.8) is 0 Å². The van der Waals surface area contributed by atoms with E-state index in [1.165, 1.54) is 29.5 Å². The Labute approximate surface area is 164 Å². The molecule has 2 aromatic carbocycles. The lowest BCUT2D eigenvalue weighted by Crippen LogP contribution is -2.37. The zero-order valence-electron chi connectivity index (χ0n) is 14.4. The van der Waals surface area contributed by atoms with Gasteiger partial charge in [0.2, 0.25) is 5.91 Å². The summed E-state index contributed by atoms with van der Waals surface area (Å²) in [5.41, 5.74) is 6.31. The van der Waals surface area contributed by atoms with E-state index in [0.29, 0.717) is 10.4 Å². The summed E-state index contributed by atoms with van der Waals surface area (Å²) >= 11 is 3.29. The van der Waals surface area contributed by atoms with Gasteiger partial charge in [-0.2, -0.15) is 11.8 Å². The number of primary amides is 1. The van der Waals surface area contributed by atoms with Crippen molar-refractivity contribution in [2.24, 2.45) is 5.73 Å². The molecule has 2 heterocycles. The van der Waals surface area contributed by atoms with Crippen molar-refractivity contribution in [2.45, 2.75) is 0 Å². The lowest BCUT2D eigenvalue weighted by molar-refractivity contribution is 0.0777. The third kappa shape index (κ3) is 3.44. The molecule has 0 atom stereocenters. The Hall–Kier alpha value is -2.38. The maximum atomic E-state index is 14.4. The minimum absolute atomic E-state index is 0.0433. The average molecular weight is 401 g/mol. The Morgan fingerprint density at radius 1 is 1.07 bits per heavy atom. The number of hydrogen-bond acceptors (Lipinski definition) is 4. The Balaban J connectivity index is 1.74. The summed E-state index contributed by atoms with van der Waals surface area (Å²) in [6.07, 6.45) is 0. The third-order valence-electron chi connectivity index (χ3n) is 4.59. The van der Waals surface area contributed by atoms with Crippen LogP contribution in [0.1, 0.15) is 20.0 Å². The molecule has 1 aliphatic heterocycles. The third-order valence-corrected chi connectivity index (χ3v) is 6.64. The van der Waals surface area contributed by atoms with Crippen LogP contribution in [0.4, 0.5) is 4.39 Å². The molecule has 1 fully saturated rings. The van der Waals surface area contributed by atoms with Crippen LogP contribution in [0, 0.1) is 5.82 Å². The first-order valence-corrected chi connectivity index (χ1v) is 10.5. The fourth-order valence-electron chi connectivity index (χ4n) is 3.25. The summed E-state index contributed by atoms with van der Waals surface area (Å²) in [6, 6.07) is 11.6. The average Bonchev–Trinajstić information content (AvgIpc) is 3.11. The zero-order valence-corrected chi connectivity index (χ0v) is 16.0. The topological polar surface area (TPSA) is 63.4 Å². The number of thioether (sulfide) groups is 1. The van der Waals surface area contributed by atoms with Gasteiger partial charge in [0, 0.05) is 40.4 Å². The largest absolute Gasteiger partial charge is 0.366 e. The number of thiophene rings is 1. The molecule has 0 radical (unpaired) electrons. The van der Waals surface area contributed by atoms with Crippen molar-refractivity contribution < 1.29 is 14.0 Å². The Kier molecular flexibility index (Phi) is 4.88. The van der Waals surface area contributed by atoms with Crippen LogP contribution < -0.4 is 5.73 Å². The van der Waals surface area contributed by atoms with Crippen molar-refractivity contribution in [1.82, 2.24) is 4.90 Å². The summed E-state index contributed by atoms with van der Waals surface area (Å²) in [7, 11) is 0. The molecule has 4 nitrogen and oxygen atoms in total. The highest BCUT2D eigenvalue weighted by Crippen LogP contribution is 2.33. The fourth-order valence-corrected chi connectivity index (χ4v) is 5.16. The monoisotopic (exact) mass is 400 g/mol. The van der Waals surface area contributed by atoms with Gasteiger partial charge in [0.05, 0.1) is 4.88 Å². The first-order chi connectivity index (χ1) is 13.0. The number of carbonyl (C=O) groups is 2. The minimum atomic E-state index is -0.672. The number of amides is 2. The number of nitrogens with two attached hydrogens (primary N) is 1. The molecule has 3 aromatic rings. The van der Waals surface area contributed by atoms with Crippen LogP contribution in [0.3, 0.4) is 0 Å². The van der Waals surface area contributed by atoms with E-state index in [0.717, 1.165) is 34.7 Å². The highest BCUT2D eigenvalue weighted by Gasteiger charge is 2.21. The van der Waals surface area contributed by atoms with Crippen molar-refractivity contribution in [2.75, 3.05) is 24.6 Å². The van der Waals surface area contributed by atoms with E-state index < -0.39 is 11.7 Å². The molecule has 1 aliphatic rings. The molecule has 27 heavy (non-hydrogen) atoms. The number of halogens is 1. The molecule has 7 heteroatoms. The molecule has 1 aromatic heterocycles. The molecular formula is C20H17FN2O2S2. The van der Waals surface area contributed by atoms with Crippen LogP contribution in [-0.2, 0) is 0 Å². The first-order valence-electron chi connectivity index (χ1n) is 8.54. The summed E-state index contributed by atoms with van der Waals surface area (Å²) in [5, 5.41) is 0.853. The van der Waals surface area contributed by atoms with Gasteiger partial charge in [-0.05, 0) is 41.3 Å². The highest BCUT2D eigenvalue weighted by atomic mass is 32.2. The molecular weight excluding hydrogens is 383 g/mol. The first kappa shape index (κ1) is 18.0. The summed E-state index contributed by atoms with van der Waals surface area (Å²) < 4.78 is 15.4. The molecule has 4 rings (SSSR count). The van der Waals surface area contributed by atoms with E-state index >= 15 is 0 Å². The summed E-state index contributed by atoms with van der Waals surface area (Å²) in [6.45, 7) is 1.53. The van der Waals surface area contributed by atoms with Gasteiger partial charge in [-0.25, -0.2) is 4.39 Å². The van der Waals surface area contributed by atoms with Gasteiger partial charge >= 0.3 is 0 Å². The second-order valence-electron chi connectivity index (χ2n) is 6.29. The Morgan fingerprint density at radius 2 is 1.85 bits per heavy atom. The van der Waals surface area contributed by atoms with Crippen LogP contribution >= 0.6 is 23.1 Å². The van der Waals surface area contributed by atoms with Crippen LogP contribution in [0.2, 0.25) is 0 Å². The number of fused-ring (bicyclic) bond motifs is 1. The molecule has 2 amide bonds. The van der Waals surface area contributed by atoms with Crippen LogP contribution in [0.15, 0.2) is 42.5 Å². The molecule has 138 valence electrons. The van der Waals surface area contributed by atoms with Gasteiger partial charge in [0.1, 0.15) is 5.82 Å². The van der Waals surface area contributed by atoms with E-state index in [4.69, 9.17) is 5.73 Å². The molecule has 1 saturated heterocycles. The van der Waals surface area contributed by atoms with Crippen LogP contribution in [0.25, 0.3) is 21.2 Å². The highest BCUT2D eigenvalue weighted by molar-refractivity contribution is 7.99. The van der Waals surface area contributed by atoms with Crippen molar-refractivity contribution in [3.8, 4) is 11.1 Å². The zero-order chi connectivity index (χ0) is 19.0. The van der Waals surface area contributed by atoms with E-state index in [-0.39, 0.29) is 17.0 Å². The SMILES string of the molecule is NC(=O)c1cccc(F)c1-c1ccc2sc(C(=O)N3CCSCC3)cc2c1. The maximum Gasteiger partial charge on any atom is 0.264 e. The molecule has 0 spiro atoms. The predicted octanol–water partition coefficient (Wildman–Crippen LogP) is 4.00. The molecule has 2 N–H and O–H groups in total. The van der Waals surface area contributed by atoms with E-state index in [1.54, 1.807) is 12.1 Å². The molecule has 0 unspecified atom stereocenters. The van der Waals surface area contributed by atoms with Gasteiger partial charge in [-0.3, -0.25) is 9.59 Å². The van der Waals surface area contributed by atoms with Crippen LogP contribution in [0.5, 0.6) is 0 Å². The van der Waals surface area contributed by atoms with Crippen molar-refractivity contribution >= 4 is 45.0 Å². The maximum absolute atomic E-state index is 14.4. The van der Waals surface area contributed by atoms with Crippen molar-refractivity contribution in [1.29, 1.82) is 0 Å². The number of hydrogen-bond donors (Lipinski definition) is 1. The second-order valence-corrected chi connectivity index (χ2v) is 8.60. The Morgan fingerprint density at radius 3 is 2.59 bits per heavy atom. The smallest absolute Gasteiger partial charge is 0.264 e. The number of rotatable bonds is 3. The van der Waals surface area contributed by atoms with Gasteiger partial charge in [-0.1, -0.05) is 12.1 Å². The quantitative estimate of drug-likeness (QED) is 0.723. The second kappa shape index (κ2) is 7.32. The lowest BCUT2D eigenvalue weighted by Gasteiger charge is -2.25. The predicted molar refractivity (Wildman–Crippen MR) is 109 cm³/mol. The molecule has 0 aliphatic carbocycles. The van der Waals surface area contributed by atoms with Gasteiger partial charge in [0.25, 0.3) is 5.91 Å². The number of carbonyl (C=O) groups excluding carboxylic acids is 2. The van der Waals surface area contributed by atoms with Gasteiger partial charge in [-0.15, -0.1) is 11.3 Å². The number of nitrogens with zero attached hydrogens (tertiary/aromatic N) is 1. The van der Waals surface area contributed by atoms with Crippen LogP contribution in [-0.4, -0.2) is 41.3 Å². The van der Waals surface area contributed by atoms with Gasteiger partial charge < -0.3 is 10.6 Å². The fraction of sp³-hybridized carbons (Fsp3) is 0.200. The summed E-state index contributed by atoms with van der Waals surface area (Å²) in [4.78, 5) is 27.0. The molecule has 0 saturated carbocycles. The lowest BCUT2D eigenvalue weighted by atomic mass is 9.97. The van der Waals surface area contributed by atoms with E-state index in [9.17, 15) is 14.0 Å². The summed E-state index contributed by atoms with van der Waals surface area (Å²) in [5.74, 6) is 0.798. The minimum Gasteiger partial charge on any atom is -0.366 e.